The van der Waals surface area contributed by atoms with Crippen LogP contribution >= 0.6 is 11.8 Å². The maximum Gasteiger partial charge on any atom is 0.233 e. The Labute approximate surface area is 184 Å². The van der Waals surface area contributed by atoms with Crippen molar-refractivity contribution >= 4 is 17.7 Å². The molecule has 3 aromatic rings. The molecule has 4 rings (SSSR count). The monoisotopic (exact) mass is 418 g/mol. The fourth-order valence-corrected chi connectivity index (χ4v) is 5.00. The molecule has 0 aliphatic carbocycles. The van der Waals surface area contributed by atoms with Gasteiger partial charge in [0.05, 0.1) is 6.04 Å². The van der Waals surface area contributed by atoms with E-state index in [4.69, 9.17) is 9.73 Å². The van der Waals surface area contributed by atoms with E-state index in [2.05, 4.69) is 87.0 Å². The third kappa shape index (κ3) is 4.81. The highest BCUT2D eigenvalue weighted by atomic mass is 32.2. The zero-order chi connectivity index (χ0) is 21.1. The lowest BCUT2D eigenvalue weighted by molar-refractivity contribution is 0.323. The van der Waals surface area contributed by atoms with Gasteiger partial charge in [0.25, 0.3) is 0 Å². The number of nitrogens with zero attached hydrogens (tertiary/aromatic N) is 2. The molecule has 0 fully saturated rings. The highest BCUT2D eigenvalue weighted by Crippen LogP contribution is 2.22. The summed E-state index contributed by atoms with van der Waals surface area (Å²) < 4.78 is 8.26. The van der Waals surface area contributed by atoms with E-state index in [1.807, 2.05) is 11.8 Å². The summed E-state index contributed by atoms with van der Waals surface area (Å²) in [5.74, 6) is 2.78. The Morgan fingerprint density at radius 2 is 1.73 bits per heavy atom. The topological polar surface area (TPSA) is 26.5 Å². The van der Waals surface area contributed by atoms with Crippen LogP contribution in [0.1, 0.15) is 39.1 Å². The van der Waals surface area contributed by atoms with Gasteiger partial charge in [0.15, 0.2) is 0 Å². The second kappa shape index (κ2) is 9.13. The standard InChI is InChI=1S/C26H30N2OS/c1-18-7-9-22(10-8-18)16-30-17-23-15-29-26(27-23)25-6-5-11-28(25)14-24-20(3)12-19(2)13-21(24)4/h5-13,23H,14-17H2,1-4H3/t23-/m1/s1. The molecule has 1 aliphatic heterocycles. The molecule has 0 N–H and O–H groups in total. The Kier molecular flexibility index (Phi) is 6.33. The summed E-state index contributed by atoms with van der Waals surface area (Å²) in [4.78, 5) is 4.89. The minimum atomic E-state index is 0.224. The van der Waals surface area contributed by atoms with Crippen LogP contribution in [0.4, 0.5) is 0 Å². The van der Waals surface area contributed by atoms with Crippen molar-refractivity contribution in [3.8, 4) is 0 Å². The van der Waals surface area contributed by atoms with Gasteiger partial charge >= 0.3 is 0 Å². The number of aryl methyl sites for hydroxylation is 4. The van der Waals surface area contributed by atoms with Crippen molar-refractivity contribution in [1.29, 1.82) is 0 Å². The van der Waals surface area contributed by atoms with Crippen molar-refractivity contribution in [2.75, 3.05) is 12.4 Å². The number of benzene rings is 2. The van der Waals surface area contributed by atoms with Crippen molar-refractivity contribution in [3.05, 3.63) is 93.8 Å². The van der Waals surface area contributed by atoms with E-state index in [9.17, 15) is 0 Å². The zero-order valence-corrected chi connectivity index (χ0v) is 19.1. The number of hydrogen-bond donors (Lipinski definition) is 0. The third-order valence-electron chi connectivity index (χ3n) is 5.63. The number of aliphatic imine (C=N–C) groups is 1. The number of hydrogen-bond acceptors (Lipinski definition) is 3. The first kappa shape index (κ1) is 20.8. The van der Waals surface area contributed by atoms with Gasteiger partial charge in [0.1, 0.15) is 12.3 Å². The summed E-state index contributed by atoms with van der Waals surface area (Å²) in [6, 6.07) is 17.7. The Morgan fingerprint density at radius 3 is 2.47 bits per heavy atom. The first-order chi connectivity index (χ1) is 14.5. The molecule has 156 valence electrons. The first-order valence-corrected chi connectivity index (χ1v) is 11.7. The highest BCUT2D eigenvalue weighted by Gasteiger charge is 2.22. The molecule has 0 bridgehead atoms. The van der Waals surface area contributed by atoms with E-state index < -0.39 is 0 Å². The summed E-state index contributed by atoms with van der Waals surface area (Å²) in [7, 11) is 0. The number of thioether (sulfide) groups is 1. The summed E-state index contributed by atoms with van der Waals surface area (Å²) in [5.41, 5.74) is 9.12. The molecule has 4 heteroatoms. The largest absolute Gasteiger partial charge is 0.474 e. The quantitative estimate of drug-likeness (QED) is 0.481. The van der Waals surface area contributed by atoms with Gasteiger partial charge in [-0.3, -0.25) is 0 Å². The van der Waals surface area contributed by atoms with E-state index in [0.29, 0.717) is 6.61 Å². The third-order valence-corrected chi connectivity index (χ3v) is 6.79. The van der Waals surface area contributed by atoms with Gasteiger partial charge in [0, 0.05) is 24.2 Å². The Hall–Kier alpha value is -2.46. The van der Waals surface area contributed by atoms with Crippen LogP contribution < -0.4 is 0 Å². The number of aromatic nitrogens is 1. The van der Waals surface area contributed by atoms with Crippen molar-refractivity contribution in [1.82, 2.24) is 4.57 Å². The van der Waals surface area contributed by atoms with E-state index in [1.54, 1.807) is 0 Å². The lowest BCUT2D eigenvalue weighted by Crippen LogP contribution is -2.12. The molecule has 0 radical (unpaired) electrons. The second-order valence-electron chi connectivity index (χ2n) is 8.30. The normalized spacial score (nSPS) is 15.9. The zero-order valence-electron chi connectivity index (χ0n) is 18.3. The van der Waals surface area contributed by atoms with Gasteiger partial charge in [0.2, 0.25) is 5.90 Å². The first-order valence-electron chi connectivity index (χ1n) is 10.6. The summed E-state index contributed by atoms with van der Waals surface area (Å²) >= 11 is 1.93. The fraction of sp³-hybridized carbons (Fsp3) is 0.346. The van der Waals surface area contributed by atoms with Gasteiger partial charge in [-0.15, -0.1) is 0 Å². The molecule has 2 heterocycles. The lowest BCUT2D eigenvalue weighted by Gasteiger charge is -2.14. The van der Waals surface area contributed by atoms with E-state index in [1.165, 1.54) is 33.4 Å². The van der Waals surface area contributed by atoms with Crippen LogP contribution in [-0.2, 0) is 17.0 Å². The van der Waals surface area contributed by atoms with Gasteiger partial charge < -0.3 is 9.30 Å². The maximum atomic E-state index is 6.00. The fourth-order valence-electron chi connectivity index (χ4n) is 4.01. The molecule has 1 aromatic heterocycles. The van der Waals surface area contributed by atoms with Crippen LogP contribution in [-0.4, -0.2) is 28.9 Å². The van der Waals surface area contributed by atoms with Gasteiger partial charge in [-0.25, -0.2) is 4.99 Å². The van der Waals surface area contributed by atoms with Crippen molar-refractivity contribution < 1.29 is 4.74 Å². The van der Waals surface area contributed by atoms with E-state index in [0.717, 1.165) is 29.6 Å². The SMILES string of the molecule is Cc1ccc(CSC[C@H]2COC(c3cccn3Cc3c(C)cc(C)cc3C)=N2)cc1. The Balaban J connectivity index is 1.41. The summed E-state index contributed by atoms with van der Waals surface area (Å²) in [6.45, 7) is 10.2. The van der Waals surface area contributed by atoms with Crippen LogP contribution in [0, 0.1) is 27.7 Å². The predicted molar refractivity (Wildman–Crippen MR) is 128 cm³/mol. The Bertz CT molecular complexity index is 1030. The van der Waals surface area contributed by atoms with Crippen LogP contribution in [0.15, 0.2) is 59.7 Å². The molecule has 1 atom stereocenters. The second-order valence-corrected chi connectivity index (χ2v) is 9.33. The molecule has 1 aliphatic rings. The molecule has 0 unspecified atom stereocenters. The number of ether oxygens (including phenoxy) is 1. The molecule has 30 heavy (non-hydrogen) atoms. The maximum absolute atomic E-state index is 6.00. The van der Waals surface area contributed by atoms with Crippen LogP contribution in [0.2, 0.25) is 0 Å². The van der Waals surface area contributed by atoms with Crippen molar-refractivity contribution in [2.45, 2.75) is 46.0 Å². The smallest absolute Gasteiger partial charge is 0.233 e. The van der Waals surface area contributed by atoms with E-state index >= 15 is 0 Å². The predicted octanol–water partition coefficient (Wildman–Crippen LogP) is 5.85. The number of rotatable bonds is 7. The molecule has 2 aromatic carbocycles. The lowest BCUT2D eigenvalue weighted by atomic mass is 10.00. The average molecular weight is 419 g/mol. The molecular formula is C26H30N2OS. The van der Waals surface area contributed by atoms with Crippen molar-refractivity contribution in [3.63, 3.8) is 0 Å². The minimum absolute atomic E-state index is 0.224. The van der Waals surface area contributed by atoms with Crippen LogP contribution in [0.5, 0.6) is 0 Å². The van der Waals surface area contributed by atoms with Crippen molar-refractivity contribution in [2.24, 2.45) is 4.99 Å². The van der Waals surface area contributed by atoms with Gasteiger partial charge in [-0.05, 0) is 62.1 Å². The molecule has 3 nitrogen and oxygen atoms in total. The molecule has 0 saturated heterocycles. The molecule has 0 amide bonds. The van der Waals surface area contributed by atoms with Crippen LogP contribution in [0.25, 0.3) is 0 Å². The average Bonchev–Trinajstić information content (AvgIpc) is 3.35. The summed E-state index contributed by atoms with van der Waals surface area (Å²) in [6.07, 6.45) is 2.12. The van der Waals surface area contributed by atoms with Gasteiger partial charge in [-0.2, -0.15) is 11.8 Å². The minimum Gasteiger partial charge on any atom is -0.474 e. The highest BCUT2D eigenvalue weighted by molar-refractivity contribution is 7.98. The molecular weight excluding hydrogens is 388 g/mol. The Morgan fingerprint density at radius 1 is 1.00 bits per heavy atom. The van der Waals surface area contributed by atoms with Gasteiger partial charge in [-0.1, -0.05) is 47.5 Å². The van der Waals surface area contributed by atoms with Crippen LogP contribution in [0.3, 0.4) is 0 Å². The van der Waals surface area contributed by atoms with E-state index in [-0.39, 0.29) is 6.04 Å². The summed E-state index contributed by atoms with van der Waals surface area (Å²) in [5, 5.41) is 0. The molecule has 0 saturated carbocycles. The molecule has 0 spiro atoms.